The summed E-state index contributed by atoms with van der Waals surface area (Å²) in [5.74, 6) is -0.979. The van der Waals surface area contributed by atoms with Gasteiger partial charge in [-0.3, -0.25) is 0 Å². The molecule has 0 heterocycles. The smallest absolute Gasteiger partial charge is 0.339 e. The molecule has 118 valence electrons. The van der Waals surface area contributed by atoms with Gasteiger partial charge in [-0.15, -0.1) is 0 Å². The summed E-state index contributed by atoms with van der Waals surface area (Å²) in [6.45, 7) is 1.71. The van der Waals surface area contributed by atoms with E-state index < -0.39 is 16.0 Å². The number of methoxy groups -OCH3 is 1. The summed E-state index contributed by atoms with van der Waals surface area (Å²) in [5, 5.41) is 9.13. The minimum Gasteiger partial charge on any atom is -0.494 e. The van der Waals surface area contributed by atoms with Crippen molar-refractivity contribution in [2.24, 2.45) is 0 Å². The Morgan fingerprint density at radius 2 is 2.14 bits per heavy atom. The first-order valence-corrected chi connectivity index (χ1v) is 9.10. The van der Waals surface area contributed by atoms with Gasteiger partial charge in [-0.2, -0.15) is 11.8 Å². The van der Waals surface area contributed by atoms with Gasteiger partial charge in [-0.1, -0.05) is 11.6 Å². The number of sulfonamides is 1. The molecule has 2 N–H and O–H groups in total. The van der Waals surface area contributed by atoms with E-state index in [1.54, 1.807) is 6.92 Å². The second-order valence-electron chi connectivity index (χ2n) is 4.27. The monoisotopic (exact) mass is 353 g/mol. The topological polar surface area (TPSA) is 92.7 Å². The molecule has 1 rings (SSSR count). The van der Waals surface area contributed by atoms with Crippen molar-refractivity contribution in [1.29, 1.82) is 0 Å². The molecule has 0 radical (unpaired) electrons. The SMILES string of the molecule is COc1c(C(=O)O)cc(Cl)cc1S(=O)(=O)NC(C)CSC. The zero-order valence-electron chi connectivity index (χ0n) is 11.7. The van der Waals surface area contributed by atoms with Gasteiger partial charge in [0.05, 0.1) is 7.11 Å². The second kappa shape index (κ2) is 7.35. The van der Waals surface area contributed by atoms with E-state index in [2.05, 4.69) is 4.72 Å². The summed E-state index contributed by atoms with van der Waals surface area (Å²) in [7, 11) is -2.73. The molecule has 1 aromatic rings. The van der Waals surface area contributed by atoms with Crippen LogP contribution >= 0.6 is 23.4 Å². The van der Waals surface area contributed by atoms with Crippen LogP contribution in [0.3, 0.4) is 0 Å². The van der Waals surface area contributed by atoms with Crippen LogP contribution in [0.15, 0.2) is 17.0 Å². The van der Waals surface area contributed by atoms with Gasteiger partial charge in [-0.05, 0) is 25.3 Å². The van der Waals surface area contributed by atoms with Crippen LogP contribution in [-0.4, -0.2) is 44.7 Å². The van der Waals surface area contributed by atoms with E-state index in [0.29, 0.717) is 5.75 Å². The van der Waals surface area contributed by atoms with E-state index in [1.807, 2.05) is 6.26 Å². The van der Waals surface area contributed by atoms with Gasteiger partial charge in [-0.25, -0.2) is 17.9 Å². The average Bonchev–Trinajstić information content (AvgIpc) is 2.37. The van der Waals surface area contributed by atoms with Crippen LogP contribution in [0, 0.1) is 0 Å². The quantitative estimate of drug-likeness (QED) is 0.779. The minimum absolute atomic E-state index is 0.00564. The molecule has 0 fully saturated rings. The van der Waals surface area contributed by atoms with Crippen LogP contribution in [0.5, 0.6) is 5.75 Å². The van der Waals surface area contributed by atoms with Gasteiger partial charge in [0.15, 0.2) is 5.75 Å². The maximum Gasteiger partial charge on any atom is 0.339 e. The fourth-order valence-corrected chi connectivity index (χ4v) is 4.18. The van der Waals surface area contributed by atoms with Gasteiger partial charge in [0.2, 0.25) is 10.0 Å². The van der Waals surface area contributed by atoms with Crippen LogP contribution in [0.1, 0.15) is 17.3 Å². The molecule has 1 aromatic carbocycles. The third-order valence-corrected chi connectivity index (χ3v) is 5.16. The molecular formula is C12H16ClNO5S2. The van der Waals surface area contributed by atoms with Gasteiger partial charge in [0.1, 0.15) is 10.5 Å². The summed E-state index contributed by atoms with van der Waals surface area (Å²) < 4.78 is 32.2. The highest BCUT2D eigenvalue weighted by molar-refractivity contribution is 7.98. The predicted octanol–water partition coefficient (Wildman–Crippen LogP) is 2.08. The van der Waals surface area contributed by atoms with Crippen molar-refractivity contribution in [3.63, 3.8) is 0 Å². The third kappa shape index (κ3) is 4.50. The average molecular weight is 354 g/mol. The molecule has 0 saturated carbocycles. The van der Waals surface area contributed by atoms with Crippen molar-refractivity contribution < 1.29 is 23.1 Å². The van der Waals surface area contributed by atoms with Crippen LogP contribution in [0.2, 0.25) is 5.02 Å². The molecule has 1 atom stereocenters. The number of ether oxygens (including phenoxy) is 1. The number of benzene rings is 1. The van der Waals surface area contributed by atoms with E-state index >= 15 is 0 Å². The number of carbonyl (C=O) groups is 1. The van der Waals surface area contributed by atoms with Crippen LogP contribution in [0.4, 0.5) is 0 Å². The molecular weight excluding hydrogens is 338 g/mol. The zero-order valence-corrected chi connectivity index (χ0v) is 14.1. The standard InChI is InChI=1S/C12H16ClNO5S2/c1-7(6-20-3)14-21(17,18)10-5-8(13)4-9(12(15)16)11(10)19-2/h4-5,7,14H,6H2,1-3H3,(H,15,16). The lowest BCUT2D eigenvalue weighted by atomic mass is 10.2. The highest BCUT2D eigenvalue weighted by Gasteiger charge is 2.26. The summed E-state index contributed by atoms with van der Waals surface area (Å²) in [6, 6.07) is 2.00. The van der Waals surface area contributed by atoms with Crippen molar-refractivity contribution in [3.8, 4) is 5.75 Å². The number of carboxylic acids is 1. The number of hydrogen-bond donors (Lipinski definition) is 2. The molecule has 9 heteroatoms. The Morgan fingerprint density at radius 3 is 2.62 bits per heavy atom. The number of nitrogens with one attached hydrogen (secondary N) is 1. The fourth-order valence-electron chi connectivity index (χ4n) is 1.75. The lowest BCUT2D eigenvalue weighted by Crippen LogP contribution is -2.34. The maximum absolute atomic E-state index is 12.4. The first-order valence-electron chi connectivity index (χ1n) is 5.85. The normalized spacial score (nSPS) is 13.0. The Kier molecular flexibility index (Phi) is 6.33. The lowest BCUT2D eigenvalue weighted by Gasteiger charge is -2.16. The number of thioether (sulfide) groups is 1. The molecule has 21 heavy (non-hydrogen) atoms. The van der Waals surface area contributed by atoms with Gasteiger partial charge in [0, 0.05) is 16.8 Å². The fraction of sp³-hybridized carbons (Fsp3) is 0.417. The molecule has 0 saturated heterocycles. The maximum atomic E-state index is 12.4. The number of aromatic carboxylic acids is 1. The van der Waals surface area contributed by atoms with Crippen molar-refractivity contribution >= 4 is 39.4 Å². The molecule has 0 aliphatic heterocycles. The third-order valence-electron chi connectivity index (χ3n) is 2.52. The lowest BCUT2D eigenvalue weighted by molar-refractivity contribution is 0.0693. The van der Waals surface area contributed by atoms with Crippen LogP contribution < -0.4 is 9.46 Å². The molecule has 6 nitrogen and oxygen atoms in total. The number of rotatable bonds is 7. The first kappa shape index (κ1) is 18.1. The second-order valence-corrected chi connectivity index (χ2v) is 7.30. The van der Waals surface area contributed by atoms with Crippen LogP contribution in [0.25, 0.3) is 0 Å². The molecule has 0 spiro atoms. The van der Waals surface area contributed by atoms with E-state index in [9.17, 15) is 13.2 Å². The van der Waals surface area contributed by atoms with Gasteiger partial charge < -0.3 is 9.84 Å². The van der Waals surface area contributed by atoms with E-state index in [4.69, 9.17) is 21.4 Å². The summed E-state index contributed by atoms with van der Waals surface area (Å²) in [6.07, 6.45) is 1.85. The summed E-state index contributed by atoms with van der Waals surface area (Å²) in [5.41, 5.74) is -0.303. The highest BCUT2D eigenvalue weighted by Crippen LogP contribution is 2.32. The van der Waals surface area contributed by atoms with Gasteiger partial charge >= 0.3 is 5.97 Å². The molecule has 0 amide bonds. The van der Waals surface area contributed by atoms with Crippen molar-refractivity contribution in [3.05, 3.63) is 22.7 Å². The minimum atomic E-state index is -3.94. The van der Waals surface area contributed by atoms with Gasteiger partial charge in [0.25, 0.3) is 0 Å². The Labute approximate surface area is 132 Å². The Hall–Kier alpha value is -0.960. The predicted molar refractivity (Wildman–Crippen MR) is 83.1 cm³/mol. The largest absolute Gasteiger partial charge is 0.494 e. The Bertz CT molecular complexity index is 633. The highest BCUT2D eigenvalue weighted by atomic mass is 35.5. The Balaban J connectivity index is 3.38. The zero-order chi connectivity index (χ0) is 16.2. The van der Waals surface area contributed by atoms with E-state index in [0.717, 1.165) is 6.07 Å². The molecule has 0 aliphatic carbocycles. The number of halogens is 1. The van der Waals surface area contributed by atoms with Crippen LogP contribution in [-0.2, 0) is 10.0 Å². The number of hydrogen-bond acceptors (Lipinski definition) is 5. The first-order chi connectivity index (χ1) is 9.72. The summed E-state index contributed by atoms with van der Waals surface area (Å²) in [4.78, 5) is 10.9. The molecule has 1 unspecified atom stereocenters. The van der Waals surface area contributed by atoms with E-state index in [1.165, 1.54) is 24.9 Å². The molecule has 0 aliphatic rings. The van der Waals surface area contributed by atoms with Crippen molar-refractivity contribution in [1.82, 2.24) is 4.72 Å². The summed E-state index contributed by atoms with van der Waals surface area (Å²) >= 11 is 7.30. The number of carboxylic acid groups (broad SMARTS) is 1. The van der Waals surface area contributed by atoms with E-state index in [-0.39, 0.29) is 27.3 Å². The molecule has 0 aromatic heterocycles. The van der Waals surface area contributed by atoms with Crippen molar-refractivity contribution in [2.45, 2.75) is 17.9 Å². The van der Waals surface area contributed by atoms with Crippen molar-refractivity contribution in [2.75, 3.05) is 19.1 Å². The Morgan fingerprint density at radius 1 is 1.52 bits per heavy atom. The molecule has 0 bridgehead atoms.